The third-order valence-corrected chi connectivity index (χ3v) is 2.93. The molecule has 0 aliphatic carbocycles. The molecule has 0 saturated carbocycles. The first-order chi connectivity index (χ1) is 9.06. The van der Waals surface area contributed by atoms with Crippen molar-refractivity contribution in [2.45, 2.75) is 20.3 Å². The first-order valence-electron chi connectivity index (χ1n) is 6.13. The highest BCUT2D eigenvalue weighted by Crippen LogP contribution is 2.20. The van der Waals surface area contributed by atoms with Gasteiger partial charge in [-0.15, -0.1) is 0 Å². The summed E-state index contributed by atoms with van der Waals surface area (Å²) < 4.78 is 10.5. The minimum Gasteiger partial charge on any atom is -0.458 e. The minimum absolute atomic E-state index is 0.278. The van der Waals surface area contributed by atoms with Crippen LogP contribution in [0, 0.1) is 5.41 Å². The van der Waals surface area contributed by atoms with Crippen molar-refractivity contribution in [3.63, 3.8) is 0 Å². The van der Waals surface area contributed by atoms with Crippen LogP contribution in [0.3, 0.4) is 0 Å². The molecule has 0 aromatic heterocycles. The molecular formula is C15H18N2O2. The van der Waals surface area contributed by atoms with Gasteiger partial charge in [0.25, 0.3) is 0 Å². The van der Waals surface area contributed by atoms with Gasteiger partial charge >= 0.3 is 0 Å². The summed E-state index contributed by atoms with van der Waals surface area (Å²) in [4.78, 5) is 0. The highest BCUT2D eigenvalue weighted by atomic mass is 16.7. The van der Waals surface area contributed by atoms with Crippen LogP contribution in [0.15, 0.2) is 47.4 Å². The number of nitrogens with two attached hydrogens (primary N) is 1. The number of hydrogen-bond donors (Lipinski definition) is 2. The maximum atomic E-state index is 8.09. The average Bonchev–Trinajstić information content (AvgIpc) is 2.75. The maximum absolute atomic E-state index is 8.09. The van der Waals surface area contributed by atoms with Crippen molar-refractivity contribution < 1.29 is 9.47 Å². The Morgan fingerprint density at radius 2 is 2.00 bits per heavy atom. The molecule has 100 valence electrons. The summed E-state index contributed by atoms with van der Waals surface area (Å²) in [5, 5.41) is 8.09. The highest BCUT2D eigenvalue weighted by Gasteiger charge is 2.11. The van der Waals surface area contributed by atoms with Gasteiger partial charge in [0.15, 0.2) is 5.76 Å². The number of ether oxygens (including phenoxy) is 2. The van der Waals surface area contributed by atoms with E-state index in [-0.39, 0.29) is 6.79 Å². The third-order valence-electron chi connectivity index (χ3n) is 2.93. The normalized spacial score (nSPS) is 15.2. The third kappa shape index (κ3) is 3.37. The van der Waals surface area contributed by atoms with Crippen molar-refractivity contribution in [1.29, 1.82) is 5.41 Å². The smallest absolute Gasteiger partial charge is 0.230 e. The molecule has 0 atom stereocenters. The van der Waals surface area contributed by atoms with Crippen molar-refractivity contribution >= 4 is 11.4 Å². The van der Waals surface area contributed by atoms with Crippen LogP contribution in [0.4, 0.5) is 5.69 Å². The van der Waals surface area contributed by atoms with Gasteiger partial charge in [0, 0.05) is 17.8 Å². The zero-order chi connectivity index (χ0) is 13.8. The van der Waals surface area contributed by atoms with Gasteiger partial charge in [-0.25, -0.2) is 0 Å². The molecule has 2 rings (SSSR count). The highest BCUT2D eigenvalue weighted by molar-refractivity contribution is 5.99. The summed E-state index contributed by atoms with van der Waals surface area (Å²) in [7, 11) is 0. The lowest BCUT2D eigenvalue weighted by Crippen LogP contribution is -2.00. The van der Waals surface area contributed by atoms with E-state index in [1.54, 1.807) is 0 Å². The molecule has 4 heteroatoms. The molecule has 1 aromatic carbocycles. The Hall–Kier alpha value is -2.23. The van der Waals surface area contributed by atoms with Gasteiger partial charge < -0.3 is 20.6 Å². The van der Waals surface area contributed by atoms with E-state index >= 15 is 0 Å². The number of anilines is 1. The number of hydrogen-bond acceptors (Lipinski definition) is 4. The fourth-order valence-corrected chi connectivity index (χ4v) is 1.84. The van der Waals surface area contributed by atoms with Crippen LogP contribution >= 0.6 is 0 Å². The Labute approximate surface area is 113 Å². The molecule has 1 aromatic rings. The Kier molecular flexibility index (Phi) is 3.90. The molecule has 4 nitrogen and oxygen atoms in total. The van der Waals surface area contributed by atoms with Crippen molar-refractivity contribution in [3.05, 3.63) is 53.0 Å². The van der Waals surface area contributed by atoms with Gasteiger partial charge in [-0.2, -0.15) is 0 Å². The van der Waals surface area contributed by atoms with Crippen LogP contribution < -0.4 is 5.73 Å². The summed E-state index contributed by atoms with van der Waals surface area (Å²) in [5.74, 6) is 1.54. The largest absolute Gasteiger partial charge is 0.458 e. The lowest BCUT2D eigenvalue weighted by atomic mass is 10.0. The second-order valence-electron chi connectivity index (χ2n) is 4.59. The first-order valence-corrected chi connectivity index (χ1v) is 6.13. The van der Waals surface area contributed by atoms with Crippen molar-refractivity contribution in [1.82, 2.24) is 0 Å². The summed E-state index contributed by atoms with van der Waals surface area (Å²) in [6.45, 7) is 4.13. The monoisotopic (exact) mass is 258 g/mol. The van der Waals surface area contributed by atoms with E-state index in [0.29, 0.717) is 17.8 Å². The summed E-state index contributed by atoms with van der Waals surface area (Å²) in [5.41, 5.74) is 8.85. The molecule has 0 unspecified atom stereocenters. The SMILES string of the molecule is CC1=C(/C=C(/C)CC(=N)c2ccc(N)cc2)OCO1. The number of allylic oxidation sites excluding steroid dienone is 3. The molecule has 1 heterocycles. The van der Waals surface area contributed by atoms with Crippen molar-refractivity contribution in [3.8, 4) is 0 Å². The second kappa shape index (κ2) is 5.61. The average molecular weight is 258 g/mol. The predicted molar refractivity (Wildman–Crippen MR) is 75.8 cm³/mol. The molecule has 1 aliphatic rings. The molecule has 0 fully saturated rings. The van der Waals surface area contributed by atoms with Crippen LogP contribution in [0.5, 0.6) is 0 Å². The molecule has 0 saturated heterocycles. The lowest BCUT2D eigenvalue weighted by Gasteiger charge is -2.05. The van der Waals surface area contributed by atoms with E-state index in [1.165, 1.54) is 0 Å². The minimum atomic E-state index is 0.278. The lowest BCUT2D eigenvalue weighted by molar-refractivity contribution is 0.0749. The standard InChI is InChI=1S/C15H18N2O2/c1-10(8-15-11(2)18-9-19-15)7-14(17)12-3-5-13(16)6-4-12/h3-6,8,17H,7,9,16H2,1-2H3/b10-8-,17-14?. The topological polar surface area (TPSA) is 68.3 Å². The Morgan fingerprint density at radius 3 is 2.58 bits per heavy atom. The van der Waals surface area contributed by atoms with Gasteiger partial charge in [-0.1, -0.05) is 17.7 Å². The Balaban J connectivity index is 2.04. The zero-order valence-electron chi connectivity index (χ0n) is 11.2. The summed E-state index contributed by atoms with van der Waals surface area (Å²) in [6, 6.07) is 7.35. The van der Waals surface area contributed by atoms with Crippen molar-refractivity contribution in [2.75, 3.05) is 12.5 Å². The molecule has 1 aliphatic heterocycles. The van der Waals surface area contributed by atoms with E-state index in [4.69, 9.17) is 20.6 Å². The number of nitrogen functional groups attached to an aromatic ring is 1. The number of nitrogens with one attached hydrogen (secondary N) is 1. The zero-order valence-corrected chi connectivity index (χ0v) is 11.2. The van der Waals surface area contributed by atoms with Gasteiger partial charge in [-0.3, -0.25) is 0 Å². The number of rotatable bonds is 4. The summed E-state index contributed by atoms with van der Waals surface area (Å²) in [6.07, 6.45) is 2.50. The number of benzene rings is 1. The first kappa shape index (κ1) is 13.2. The fourth-order valence-electron chi connectivity index (χ4n) is 1.84. The van der Waals surface area contributed by atoms with Gasteiger partial charge in [0.1, 0.15) is 5.76 Å². The van der Waals surface area contributed by atoms with Gasteiger partial charge in [0.05, 0.1) is 0 Å². The predicted octanol–water partition coefficient (Wildman–Crippen LogP) is 3.21. The van der Waals surface area contributed by atoms with E-state index < -0.39 is 0 Å². The molecule has 0 spiro atoms. The van der Waals surface area contributed by atoms with E-state index in [1.807, 2.05) is 44.2 Å². The maximum Gasteiger partial charge on any atom is 0.230 e. The van der Waals surface area contributed by atoms with E-state index in [2.05, 4.69) is 0 Å². The molecule has 3 N–H and O–H groups in total. The quantitative estimate of drug-likeness (QED) is 0.643. The van der Waals surface area contributed by atoms with Crippen LogP contribution in [0.2, 0.25) is 0 Å². The Morgan fingerprint density at radius 1 is 1.32 bits per heavy atom. The molecule has 19 heavy (non-hydrogen) atoms. The van der Waals surface area contributed by atoms with Crippen LogP contribution in [-0.4, -0.2) is 12.5 Å². The van der Waals surface area contributed by atoms with Crippen LogP contribution in [-0.2, 0) is 9.47 Å². The molecule has 0 amide bonds. The molecular weight excluding hydrogens is 240 g/mol. The Bertz CT molecular complexity index is 542. The summed E-state index contributed by atoms with van der Waals surface area (Å²) >= 11 is 0. The van der Waals surface area contributed by atoms with Gasteiger partial charge in [-0.05, 0) is 37.6 Å². The van der Waals surface area contributed by atoms with Crippen LogP contribution in [0.1, 0.15) is 25.8 Å². The fraction of sp³-hybridized carbons (Fsp3) is 0.267. The van der Waals surface area contributed by atoms with Crippen LogP contribution in [0.25, 0.3) is 0 Å². The van der Waals surface area contributed by atoms with E-state index in [0.717, 1.165) is 22.7 Å². The van der Waals surface area contributed by atoms with Crippen molar-refractivity contribution in [2.24, 2.45) is 0 Å². The van der Waals surface area contributed by atoms with E-state index in [9.17, 15) is 0 Å². The second-order valence-corrected chi connectivity index (χ2v) is 4.59. The molecule has 0 bridgehead atoms. The molecule has 0 radical (unpaired) electrons. The van der Waals surface area contributed by atoms with Gasteiger partial charge in [0.2, 0.25) is 6.79 Å².